The maximum atomic E-state index is 12.5. The van der Waals surface area contributed by atoms with Gasteiger partial charge >= 0.3 is 6.03 Å². The average molecular weight is 335 g/mol. The van der Waals surface area contributed by atoms with Crippen molar-refractivity contribution in [1.29, 1.82) is 0 Å². The monoisotopic (exact) mass is 334 g/mol. The minimum atomic E-state index is -0.647. The molecule has 1 saturated heterocycles. The van der Waals surface area contributed by atoms with Crippen LogP contribution in [0.1, 0.15) is 43.6 Å². The van der Waals surface area contributed by atoms with Crippen molar-refractivity contribution in [3.05, 3.63) is 34.9 Å². The Bertz CT molecular complexity index is 619. The molecule has 2 N–H and O–H groups in total. The Morgan fingerprint density at radius 1 is 1.39 bits per heavy atom. The lowest BCUT2D eigenvalue weighted by atomic mass is 9.88. The highest BCUT2D eigenvalue weighted by Crippen LogP contribution is 2.44. The van der Waals surface area contributed by atoms with Gasteiger partial charge in [0.2, 0.25) is 0 Å². The number of halogens is 1. The molecule has 5 heteroatoms. The number of aliphatic hydroxyl groups is 1. The molecule has 2 saturated carbocycles. The van der Waals surface area contributed by atoms with Crippen molar-refractivity contribution >= 4 is 17.6 Å². The van der Waals surface area contributed by atoms with Crippen molar-refractivity contribution in [3.63, 3.8) is 0 Å². The summed E-state index contributed by atoms with van der Waals surface area (Å²) in [6.45, 7) is 1.23. The van der Waals surface area contributed by atoms with Crippen LogP contribution in [0.15, 0.2) is 24.3 Å². The van der Waals surface area contributed by atoms with Gasteiger partial charge in [-0.25, -0.2) is 4.79 Å². The first-order chi connectivity index (χ1) is 11.0. The summed E-state index contributed by atoms with van der Waals surface area (Å²) in [7, 11) is 0. The molecule has 2 amide bonds. The van der Waals surface area contributed by atoms with Gasteiger partial charge in [-0.3, -0.25) is 0 Å². The second-order valence-electron chi connectivity index (χ2n) is 7.36. The van der Waals surface area contributed by atoms with E-state index >= 15 is 0 Å². The Kier molecular flexibility index (Phi) is 3.77. The molecule has 3 fully saturated rings. The van der Waals surface area contributed by atoms with Gasteiger partial charge in [-0.1, -0.05) is 23.7 Å². The summed E-state index contributed by atoms with van der Waals surface area (Å²) in [5.41, 5.74) is 0.543. The number of nitrogens with zero attached hydrogens (tertiary/aromatic N) is 1. The Labute approximate surface area is 141 Å². The standard InChI is InChI=1S/C18H23ClN2O2/c19-14-4-1-3-12(9-14)15-10-16(15)20-17(22)21-8-2-7-18(23,11-21)13-5-6-13/h1,3-4,9,13,15-16,23H,2,5-8,10-11H2,(H,20,22)/t15-,16+,18?/m0/s1. The quantitative estimate of drug-likeness (QED) is 0.892. The van der Waals surface area contributed by atoms with Crippen LogP contribution in [0.25, 0.3) is 0 Å². The average Bonchev–Trinajstić information content (AvgIpc) is 3.41. The van der Waals surface area contributed by atoms with Crippen molar-refractivity contribution < 1.29 is 9.90 Å². The van der Waals surface area contributed by atoms with E-state index in [1.54, 1.807) is 4.90 Å². The van der Waals surface area contributed by atoms with Crippen LogP contribution < -0.4 is 5.32 Å². The first-order valence-corrected chi connectivity index (χ1v) is 8.96. The van der Waals surface area contributed by atoms with E-state index in [9.17, 15) is 9.90 Å². The van der Waals surface area contributed by atoms with E-state index in [2.05, 4.69) is 11.4 Å². The van der Waals surface area contributed by atoms with Crippen LogP contribution in [-0.4, -0.2) is 40.8 Å². The minimum absolute atomic E-state index is 0.0293. The van der Waals surface area contributed by atoms with Crippen LogP contribution in [0.5, 0.6) is 0 Å². The highest BCUT2D eigenvalue weighted by Gasteiger charge is 2.47. The van der Waals surface area contributed by atoms with Crippen LogP contribution >= 0.6 is 11.6 Å². The number of benzene rings is 1. The van der Waals surface area contributed by atoms with Gasteiger partial charge in [-0.05, 0) is 55.7 Å². The first kappa shape index (κ1) is 15.3. The largest absolute Gasteiger partial charge is 0.388 e. The molecule has 3 aliphatic rings. The summed E-state index contributed by atoms with van der Waals surface area (Å²) in [5, 5.41) is 14.6. The number of carbonyl (C=O) groups is 1. The summed E-state index contributed by atoms with van der Waals surface area (Å²) in [5.74, 6) is 0.767. The number of amides is 2. The fourth-order valence-electron chi connectivity index (χ4n) is 3.90. The molecule has 1 heterocycles. The number of hydrogen-bond acceptors (Lipinski definition) is 2. The maximum absolute atomic E-state index is 12.5. The van der Waals surface area contributed by atoms with Gasteiger partial charge < -0.3 is 15.3 Å². The van der Waals surface area contributed by atoms with Crippen molar-refractivity contribution in [3.8, 4) is 0 Å². The van der Waals surface area contributed by atoms with E-state index in [-0.39, 0.29) is 12.1 Å². The van der Waals surface area contributed by atoms with Crippen LogP contribution in [0.3, 0.4) is 0 Å². The fraction of sp³-hybridized carbons (Fsp3) is 0.611. The summed E-state index contributed by atoms with van der Waals surface area (Å²) in [6.07, 6.45) is 4.89. The highest BCUT2D eigenvalue weighted by molar-refractivity contribution is 6.30. The molecule has 3 atom stereocenters. The van der Waals surface area contributed by atoms with Gasteiger partial charge in [0, 0.05) is 23.5 Å². The SMILES string of the molecule is O=C(N[C@@H]1C[C@H]1c1cccc(Cl)c1)N1CCCC(O)(C2CC2)C1. The Morgan fingerprint density at radius 3 is 2.96 bits per heavy atom. The van der Waals surface area contributed by atoms with E-state index < -0.39 is 5.60 Å². The predicted molar refractivity (Wildman–Crippen MR) is 89.6 cm³/mol. The molecule has 23 heavy (non-hydrogen) atoms. The molecule has 0 aromatic heterocycles. The van der Waals surface area contributed by atoms with Gasteiger partial charge in [0.1, 0.15) is 0 Å². The normalized spacial score (nSPS) is 33.4. The molecule has 1 aromatic carbocycles. The van der Waals surface area contributed by atoms with Gasteiger partial charge in [-0.2, -0.15) is 0 Å². The van der Waals surface area contributed by atoms with Gasteiger partial charge in [-0.15, -0.1) is 0 Å². The molecule has 0 bridgehead atoms. The lowest BCUT2D eigenvalue weighted by Gasteiger charge is -2.39. The number of nitrogens with one attached hydrogen (secondary N) is 1. The minimum Gasteiger partial charge on any atom is -0.388 e. The van der Waals surface area contributed by atoms with E-state index in [4.69, 9.17) is 11.6 Å². The number of urea groups is 1. The molecule has 1 aromatic rings. The zero-order valence-corrected chi connectivity index (χ0v) is 13.9. The van der Waals surface area contributed by atoms with Crippen molar-refractivity contribution in [2.24, 2.45) is 5.92 Å². The van der Waals surface area contributed by atoms with Crippen LogP contribution in [0.4, 0.5) is 4.79 Å². The maximum Gasteiger partial charge on any atom is 0.317 e. The van der Waals surface area contributed by atoms with Crippen molar-refractivity contribution in [1.82, 2.24) is 10.2 Å². The number of carbonyl (C=O) groups excluding carboxylic acids is 1. The third-order valence-electron chi connectivity index (χ3n) is 5.50. The van der Waals surface area contributed by atoms with Crippen molar-refractivity contribution in [2.45, 2.75) is 49.7 Å². The zero-order chi connectivity index (χ0) is 16.0. The summed E-state index contributed by atoms with van der Waals surface area (Å²) < 4.78 is 0. The Hall–Kier alpha value is -1.26. The molecule has 4 rings (SSSR count). The molecule has 2 aliphatic carbocycles. The van der Waals surface area contributed by atoms with Gasteiger partial charge in [0.05, 0.1) is 12.1 Å². The molecular weight excluding hydrogens is 312 g/mol. The van der Waals surface area contributed by atoms with Gasteiger partial charge in [0.15, 0.2) is 0 Å². The summed E-state index contributed by atoms with van der Waals surface area (Å²) in [6, 6.07) is 8.03. The lowest BCUT2D eigenvalue weighted by Crippen LogP contribution is -2.54. The van der Waals surface area contributed by atoms with Crippen molar-refractivity contribution in [2.75, 3.05) is 13.1 Å². The highest BCUT2D eigenvalue weighted by atomic mass is 35.5. The van der Waals surface area contributed by atoms with Gasteiger partial charge in [0.25, 0.3) is 0 Å². The number of rotatable bonds is 3. The summed E-state index contributed by atoms with van der Waals surface area (Å²) >= 11 is 6.04. The number of β-amino-alcohol motifs (C(OH)–C–C–N with tert-alkyl or cyclic N) is 1. The van der Waals surface area contributed by atoms with E-state index in [1.807, 2.05) is 18.2 Å². The van der Waals surface area contributed by atoms with E-state index in [1.165, 1.54) is 5.56 Å². The van der Waals surface area contributed by atoms with Crippen LogP contribution in [0.2, 0.25) is 5.02 Å². The van der Waals surface area contributed by atoms with Crippen LogP contribution in [0, 0.1) is 5.92 Å². The molecule has 0 radical (unpaired) electrons. The second-order valence-corrected chi connectivity index (χ2v) is 7.79. The molecule has 1 aliphatic heterocycles. The fourth-order valence-corrected chi connectivity index (χ4v) is 4.10. The number of piperidine rings is 1. The number of likely N-dealkylation sites (tertiary alicyclic amines) is 1. The summed E-state index contributed by atoms with van der Waals surface area (Å²) in [4.78, 5) is 14.3. The molecule has 0 spiro atoms. The lowest BCUT2D eigenvalue weighted by molar-refractivity contribution is -0.0363. The first-order valence-electron chi connectivity index (χ1n) is 8.58. The second kappa shape index (κ2) is 5.67. The van der Waals surface area contributed by atoms with E-state index in [0.717, 1.165) is 43.7 Å². The topological polar surface area (TPSA) is 52.6 Å². The van der Waals surface area contributed by atoms with E-state index in [0.29, 0.717) is 18.4 Å². The molecular formula is C18H23ClN2O2. The smallest absolute Gasteiger partial charge is 0.317 e. The Balaban J connectivity index is 1.34. The third-order valence-corrected chi connectivity index (χ3v) is 5.74. The predicted octanol–water partition coefficient (Wildman–Crippen LogP) is 3.14. The molecule has 1 unspecified atom stereocenters. The third kappa shape index (κ3) is 3.20. The number of hydrogen-bond donors (Lipinski definition) is 2. The zero-order valence-electron chi connectivity index (χ0n) is 13.2. The molecule has 124 valence electrons. The Morgan fingerprint density at radius 2 is 2.22 bits per heavy atom. The van der Waals surface area contributed by atoms with Crippen LogP contribution in [-0.2, 0) is 0 Å². The molecule has 4 nitrogen and oxygen atoms in total.